The zero-order valence-corrected chi connectivity index (χ0v) is 13.1. The van der Waals surface area contributed by atoms with Crippen molar-refractivity contribution in [3.8, 4) is 5.75 Å². The summed E-state index contributed by atoms with van der Waals surface area (Å²) in [5.41, 5.74) is 1.87. The van der Waals surface area contributed by atoms with Gasteiger partial charge in [0, 0.05) is 13.1 Å². The molecule has 0 heterocycles. The Morgan fingerprint density at radius 1 is 1.04 bits per heavy atom. The van der Waals surface area contributed by atoms with Gasteiger partial charge in [-0.15, -0.1) is 0 Å². The number of aliphatic hydroxyl groups is 1. The van der Waals surface area contributed by atoms with Gasteiger partial charge in [-0.05, 0) is 23.3 Å². The van der Waals surface area contributed by atoms with E-state index in [2.05, 4.69) is 0 Å². The summed E-state index contributed by atoms with van der Waals surface area (Å²) in [5, 5.41) is 9.16. The second-order valence-electron chi connectivity index (χ2n) is 5.03. The number of methoxy groups -OCH3 is 1. The van der Waals surface area contributed by atoms with E-state index in [0.717, 1.165) is 16.9 Å². The van der Waals surface area contributed by atoms with Gasteiger partial charge in [0.1, 0.15) is 12.4 Å². The van der Waals surface area contributed by atoms with Crippen LogP contribution >= 0.6 is 0 Å². The van der Waals surface area contributed by atoms with Gasteiger partial charge >= 0.3 is 6.09 Å². The van der Waals surface area contributed by atoms with E-state index in [4.69, 9.17) is 14.6 Å². The molecule has 0 atom stereocenters. The molecule has 23 heavy (non-hydrogen) atoms. The van der Waals surface area contributed by atoms with Crippen molar-refractivity contribution < 1.29 is 19.4 Å². The average Bonchev–Trinajstić information content (AvgIpc) is 2.61. The molecular weight excluding hydrogens is 294 g/mol. The van der Waals surface area contributed by atoms with Crippen LogP contribution in [0.15, 0.2) is 54.6 Å². The molecule has 122 valence electrons. The van der Waals surface area contributed by atoms with Gasteiger partial charge in [-0.25, -0.2) is 4.79 Å². The number of hydrogen-bond acceptors (Lipinski definition) is 4. The Balaban J connectivity index is 1.94. The van der Waals surface area contributed by atoms with Crippen LogP contribution < -0.4 is 4.74 Å². The molecule has 1 amide bonds. The third-order valence-electron chi connectivity index (χ3n) is 3.37. The number of benzene rings is 2. The normalized spacial score (nSPS) is 10.2. The number of ether oxygens (including phenoxy) is 2. The maximum Gasteiger partial charge on any atom is 0.410 e. The van der Waals surface area contributed by atoms with E-state index < -0.39 is 6.09 Å². The minimum absolute atomic E-state index is 0.114. The van der Waals surface area contributed by atoms with Crippen LogP contribution in [0.4, 0.5) is 4.79 Å². The summed E-state index contributed by atoms with van der Waals surface area (Å²) in [6, 6.07) is 16.9. The van der Waals surface area contributed by atoms with Crippen molar-refractivity contribution in [1.29, 1.82) is 0 Å². The van der Waals surface area contributed by atoms with Gasteiger partial charge in [0.15, 0.2) is 0 Å². The van der Waals surface area contributed by atoms with Crippen LogP contribution in [0, 0.1) is 0 Å². The van der Waals surface area contributed by atoms with E-state index in [1.165, 1.54) is 4.90 Å². The summed E-state index contributed by atoms with van der Waals surface area (Å²) in [6.45, 7) is 0.693. The number of aliphatic hydroxyl groups excluding tert-OH is 1. The molecule has 5 heteroatoms. The van der Waals surface area contributed by atoms with Crippen molar-refractivity contribution in [3.05, 3.63) is 65.7 Å². The zero-order valence-electron chi connectivity index (χ0n) is 13.1. The van der Waals surface area contributed by atoms with Crippen molar-refractivity contribution >= 4 is 6.09 Å². The van der Waals surface area contributed by atoms with Gasteiger partial charge in [-0.1, -0.05) is 42.5 Å². The molecule has 0 unspecified atom stereocenters. The first-order valence-corrected chi connectivity index (χ1v) is 7.42. The first-order valence-electron chi connectivity index (χ1n) is 7.42. The smallest absolute Gasteiger partial charge is 0.410 e. The van der Waals surface area contributed by atoms with E-state index in [1.807, 2.05) is 54.6 Å². The quantitative estimate of drug-likeness (QED) is 0.853. The molecule has 0 saturated heterocycles. The Morgan fingerprint density at radius 2 is 1.74 bits per heavy atom. The highest BCUT2D eigenvalue weighted by atomic mass is 16.6. The van der Waals surface area contributed by atoms with Crippen LogP contribution in [-0.4, -0.2) is 36.4 Å². The molecule has 0 aliphatic carbocycles. The van der Waals surface area contributed by atoms with Gasteiger partial charge in [0.2, 0.25) is 0 Å². The molecule has 0 aliphatic rings. The summed E-state index contributed by atoms with van der Waals surface area (Å²) in [7, 11) is 1.61. The highest BCUT2D eigenvalue weighted by Crippen LogP contribution is 2.14. The fourth-order valence-electron chi connectivity index (χ4n) is 2.12. The lowest BCUT2D eigenvalue weighted by Gasteiger charge is -2.21. The Labute approximate surface area is 136 Å². The molecule has 0 aliphatic heterocycles. The third kappa shape index (κ3) is 5.30. The second kappa shape index (κ2) is 8.80. The second-order valence-corrected chi connectivity index (χ2v) is 5.03. The van der Waals surface area contributed by atoms with Crippen molar-refractivity contribution in [2.45, 2.75) is 13.2 Å². The first kappa shape index (κ1) is 16.8. The lowest BCUT2D eigenvalue weighted by Crippen LogP contribution is -2.33. The molecule has 1 N–H and O–H groups in total. The van der Waals surface area contributed by atoms with E-state index in [9.17, 15) is 4.79 Å². The molecule has 0 spiro atoms. The molecule has 0 radical (unpaired) electrons. The summed E-state index contributed by atoms with van der Waals surface area (Å²) in [4.78, 5) is 13.7. The van der Waals surface area contributed by atoms with Crippen LogP contribution in [0.1, 0.15) is 11.1 Å². The number of amides is 1. The number of carbonyl (C=O) groups is 1. The third-order valence-corrected chi connectivity index (χ3v) is 3.37. The number of carbonyl (C=O) groups excluding carboxylic acids is 1. The number of hydrogen-bond donors (Lipinski definition) is 1. The Morgan fingerprint density at radius 3 is 2.35 bits per heavy atom. The largest absolute Gasteiger partial charge is 0.497 e. The molecule has 0 aromatic heterocycles. The van der Waals surface area contributed by atoms with Crippen molar-refractivity contribution in [1.82, 2.24) is 4.90 Å². The summed E-state index contributed by atoms with van der Waals surface area (Å²) >= 11 is 0. The molecule has 0 bridgehead atoms. The Bertz CT molecular complexity index is 598. The Kier molecular flexibility index (Phi) is 6.44. The zero-order chi connectivity index (χ0) is 16.5. The summed E-state index contributed by atoms with van der Waals surface area (Å²) in [5.74, 6) is 0.758. The van der Waals surface area contributed by atoms with E-state index >= 15 is 0 Å². The fourth-order valence-corrected chi connectivity index (χ4v) is 2.12. The molecule has 0 fully saturated rings. The minimum atomic E-state index is -0.446. The molecular formula is C18H21NO4. The molecule has 5 nitrogen and oxygen atoms in total. The van der Waals surface area contributed by atoms with E-state index in [-0.39, 0.29) is 19.8 Å². The van der Waals surface area contributed by atoms with Crippen LogP contribution in [0.2, 0.25) is 0 Å². The monoisotopic (exact) mass is 315 g/mol. The van der Waals surface area contributed by atoms with Gasteiger partial charge in [0.05, 0.1) is 13.7 Å². The standard InChI is InChI=1S/C18H21NO4/c1-22-17-9-7-15(8-10-17)13-19(11-12-20)18(21)23-14-16-5-3-2-4-6-16/h2-10,20H,11-14H2,1H3. The topological polar surface area (TPSA) is 59.0 Å². The SMILES string of the molecule is COc1ccc(CN(CCO)C(=O)OCc2ccccc2)cc1. The molecule has 2 aromatic carbocycles. The van der Waals surface area contributed by atoms with Crippen LogP contribution in [-0.2, 0) is 17.9 Å². The van der Waals surface area contributed by atoms with Crippen molar-refractivity contribution in [2.24, 2.45) is 0 Å². The molecule has 2 aromatic rings. The minimum Gasteiger partial charge on any atom is -0.497 e. The van der Waals surface area contributed by atoms with Crippen molar-refractivity contribution in [2.75, 3.05) is 20.3 Å². The average molecular weight is 315 g/mol. The van der Waals surface area contributed by atoms with Gasteiger partial charge in [-0.2, -0.15) is 0 Å². The summed E-state index contributed by atoms with van der Waals surface area (Å²) in [6.07, 6.45) is -0.446. The van der Waals surface area contributed by atoms with Gasteiger partial charge in [-0.3, -0.25) is 0 Å². The predicted octanol–water partition coefficient (Wildman–Crippen LogP) is 2.83. The predicted molar refractivity (Wildman–Crippen MR) is 87.1 cm³/mol. The Hall–Kier alpha value is -2.53. The lowest BCUT2D eigenvalue weighted by atomic mass is 10.2. The lowest BCUT2D eigenvalue weighted by molar-refractivity contribution is 0.0859. The van der Waals surface area contributed by atoms with E-state index in [1.54, 1.807) is 7.11 Å². The van der Waals surface area contributed by atoms with Gasteiger partial charge < -0.3 is 19.5 Å². The highest BCUT2D eigenvalue weighted by molar-refractivity contribution is 5.67. The first-order chi connectivity index (χ1) is 11.2. The van der Waals surface area contributed by atoms with Crippen LogP contribution in [0.5, 0.6) is 5.75 Å². The van der Waals surface area contributed by atoms with Gasteiger partial charge in [0.25, 0.3) is 0 Å². The maximum atomic E-state index is 12.2. The number of rotatable bonds is 7. The fraction of sp³-hybridized carbons (Fsp3) is 0.278. The van der Waals surface area contributed by atoms with E-state index in [0.29, 0.717) is 6.54 Å². The number of nitrogens with zero attached hydrogens (tertiary/aromatic N) is 1. The van der Waals surface area contributed by atoms with Crippen LogP contribution in [0.3, 0.4) is 0 Å². The van der Waals surface area contributed by atoms with Crippen molar-refractivity contribution in [3.63, 3.8) is 0 Å². The van der Waals surface area contributed by atoms with Crippen LogP contribution in [0.25, 0.3) is 0 Å². The maximum absolute atomic E-state index is 12.2. The highest BCUT2D eigenvalue weighted by Gasteiger charge is 2.15. The molecule has 2 rings (SSSR count). The summed E-state index contributed by atoms with van der Waals surface area (Å²) < 4.78 is 10.4. The molecule has 0 saturated carbocycles.